The van der Waals surface area contributed by atoms with Gasteiger partial charge in [-0.15, -0.1) is 0 Å². The molecule has 1 unspecified atom stereocenters. The van der Waals surface area contributed by atoms with Crippen molar-refractivity contribution in [1.29, 1.82) is 0 Å². The van der Waals surface area contributed by atoms with Crippen LogP contribution in [0.3, 0.4) is 0 Å². The van der Waals surface area contributed by atoms with Crippen molar-refractivity contribution >= 4 is 5.91 Å². The standard InChI is InChI=1S/C9H19N3O/c1-10-5-6-12(2)7-8-3-4-9(13)11-8/h8,10H,3-7H2,1-2H3,(H,11,13). The lowest BCUT2D eigenvalue weighted by molar-refractivity contribution is -0.119. The monoisotopic (exact) mass is 185 g/mol. The lowest BCUT2D eigenvalue weighted by Gasteiger charge is -2.20. The summed E-state index contributed by atoms with van der Waals surface area (Å²) in [6, 6.07) is 0.370. The number of hydrogen-bond acceptors (Lipinski definition) is 3. The Bertz CT molecular complexity index is 172. The van der Waals surface area contributed by atoms with Gasteiger partial charge in [-0.25, -0.2) is 0 Å². The number of rotatable bonds is 5. The summed E-state index contributed by atoms with van der Waals surface area (Å²) in [6.07, 6.45) is 1.69. The van der Waals surface area contributed by atoms with E-state index in [4.69, 9.17) is 0 Å². The molecule has 0 aromatic rings. The minimum Gasteiger partial charge on any atom is -0.352 e. The highest BCUT2D eigenvalue weighted by Crippen LogP contribution is 2.06. The molecule has 1 aliphatic rings. The van der Waals surface area contributed by atoms with Crippen LogP contribution in [0.15, 0.2) is 0 Å². The maximum absolute atomic E-state index is 10.9. The van der Waals surface area contributed by atoms with Gasteiger partial charge in [0.25, 0.3) is 0 Å². The van der Waals surface area contributed by atoms with Crippen LogP contribution in [0.1, 0.15) is 12.8 Å². The van der Waals surface area contributed by atoms with Crippen molar-refractivity contribution in [3.8, 4) is 0 Å². The minimum absolute atomic E-state index is 0.201. The summed E-state index contributed by atoms with van der Waals surface area (Å²) in [5, 5.41) is 6.06. The molecule has 0 bridgehead atoms. The van der Waals surface area contributed by atoms with Gasteiger partial charge in [-0.3, -0.25) is 4.79 Å². The molecular formula is C9H19N3O. The molecule has 76 valence electrons. The first-order valence-electron chi connectivity index (χ1n) is 4.85. The van der Waals surface area contributed by atoms with Gasteiger partial charge in [0.05, 0.1) is 0 Å². The van der Waals surface area contributed by atoms with Crippen LogP contribution >= 0.6 is 0 Å². The van der Waals surface area contributed by atoms with E-state index in [-0.39, 0.29) is 5.91 Å². The van der Waals surface area contributed by atoms with Crippen molar-refractivity contribution < 1.29 is 4.79 Å². The van der Waals surface area contributed by atoms with Gasteiger partial charge in [0.1, 0.15) is 0 Å². The van der Waals surface area contributed by atoms with Crippen molar-refractivity contribution in [3.05, 3.63) is 0 Å². The van der Waals surface area contributed by atoms with Crippen LogP contribution < -0.4 is 10.6 Å². The number of amides is 1. The second kappa shape index (κ2) is 5.19. The van der Waals surface area contributed by atoms with Gasteiger partial charge in [0.2, 0.25) is 5.91 Å². The Morgan fingerprint density at radius 1 is 1.69 bits per heavy atom. The first-order chi connectivity index (χ1) is 6.22. The molecule has 0 radical (unpaired) electrons. The highest BCUT2D eigenvalue weighted by atomic mass is 16.1. The van der Waals surface area contributed by atoms with Crippen LogP contribution in [0.5, 0.6) is 0 Å². The second-order valence-corrected chi connectivity index (χ2v) is 3.67. The molecule has 1 atom stereocenters. The fourth-order valence-electron chi connectivity index (χ4n) is 1.58. The number of nitrogens with one attached hydrogen (secondary N) is 2. The van der Waals surface area contributed by atoms with Crippen LogP contribution in [0.4, 0.5) is 0 Å². The van der Waals surface area contributed by atoms with E-state index in [1.807, 2.05) is 7.05 Å². The largest absolute Gasteiger partial charge is 0.352 e. The zero-order chi connectivity index (χ0) is 9.68. The maximum Gasteiger partial charge on any atom is 0.220 e. The lowest BCUT2D eigenvalue weighted by Crippen LogP contribution is -2.39. The van der Waals surface area contributed by atoms with E-state index in [2.05, 4.69) is 22.6 Å². The van der Waals surface area contributed by atoms with Crippen LogP contribution in [0.2, 0.25) is 0 Å². The minimum atomic E-state index is 0.201. The van der Waals surface area contributed by atoms with E-state index >= 15 is 0 Å². The van der Waals surface area contributed by atoms with Gasteiger partial charge in [0, 0.05) is 32.1 Å². The molecule has 1 saturated heterocycles. The van der Waals surface area contributed by atoms with Crippen molar-refractivity contribution in [2.75, 3.05) is 33.7 Å². The van der Waals surface area contributed by atoms with Crippen molar-refractivity contribution in [2.45, 2.75) is 18.9 Å². The van der Waals surface area contributed by atoms with Crippen LogP contribution in [0.25, 0.3) is 0 Å². The summed E-state index contributed by atoms with van der Waals surface area (Å²) < 4.78 is 0. The molecule has 1 rings (SSSR count). The summed E-state index contributed by atoms with van der Waals surface area (Å²) in [7, 11) is 4.03. The summed E-state index contributed by atoms with van der Waals surface area (Å²) in [6.45, 7) is 2.99. The van der Waals surface area contributed by atoms with Gasteiger partial charge in [-0.05, 0) is 20.5 Å². The molecule has 0 spiro atoms. The van der Waals surface area contributed by atoms with E-state index in [0.717, 1.165) is 26.1 Å². The highest BCUT2D eigenvalue weighted by Gasteiger charge is 2.21. The SMILES string of the molecule is CNCCN(C)CC1CCC(=O)N1. The van der Waals surface area contributed by atoms with E-state index in [0.29, 0.717) is 12.5 Å². The molecule has 0 aromatic carbocycles. The quantitative estimate of drug-likeness (QED) is 0.602. The Morgan fingerprint density at radius 2 is 2.46 bits per heavy atom. The second-order valence-electron chi connectivity index (χ2n) is 3.67. The maximum atomic E-state index is 10.9. The fourth-order valence-corrected chi connectivity index (χ4v) is 1.58. The van der Waals surface area contributed by atoms with E-state index in [1.54, 1.807) is 0 Å². The average molecular weight is 185 g/mol. The van der Waals surface area contributed by atoms with E-state index in [1.165, 1.54) is 0 Å². The molecule has 2 N–H and O–H groups in total. The fraction of sp³-hybridized carbons (Fsp3) is 0.889. The number of likely N-dealkylation sites (N-methyl/N-ethyl adjacent to an activating group) is 2. The molecule has 0 aliphatic carbocycles. The highest BCUT2D eigenvalue weighted by molar-refractivity contribution is 5.78. The summed E-state index contributed by atoms with van der Waals surface area (Å²) in [5.74, 6) is 0.201. The third-order valence-corrected chi connectivity index (χ3v) is 2.36. The van der Waals surface area contributed by atoms with Gasteiger partial charge in [-0.2, -0.15) is 0 Å². The molecule has 4 heteroatoms. The first kappa shape index (κ1) is 10.5. The first-order valence-corrected chi connectivity index (χ1v) is 4.85. The normalized spacial score (nSPS) is 22.4. The van der Waals surface area contributed by atoms with Crippen LogP contribution in [-0.4, -0.2) is 50.6 Å². The molecule has 1 heterocycles. The smallest absolute Gasteiger partial charge is 0.220 e. The Morgan fingerprint density at radius 3 is 3.00 bits per heavy atom. The molecule has 13 heavy (non-hydrogen) atoms. The number of hydrogen-bond donors (Lipinski definition) is 2. The number of carbonyl (C=O) groups is 1. The Balaban J connectivity index is 2.13. The van der Waals surface area contributed by atoms with Gasteiger partial charge in [-0.1, -0.05) is 0 Å². The molecule has 1 amide bonds. The van der Waals surface area contributed by atoms with Gasteiger partial charge < -0.3 is 15.5 Å². The average Bonchev–Trinajstić information content (AvgIpc) is 2.48. The zero-order valence-corrected chi connectivity index (χ0v) is 8.47. The molecule has 0 saturated carbocycles. The lowest BCUT2D eigenvalue weighted by atomic mass is 10.2. The van der Waals surface area contributed by atoms with Crippen LogP contribution in [0, 0.1) is 0 Å². The van der Waals surface area contributed by atoms with Gasteiger partial charge in [0.15, 0.2) is 0 Å². The molecule has 0 aromatic heterocycles. The number of nitrogens with zero attached hydrogens (tertiary/aromatic N) is 1. The summed E-state index contributed by atoms with van der Waals surface area (Å²) >= 11 is 0. The predicted octanol–water partition coefficient (Wildman–Crippen LogP) is -0.584. The number of carbonyl (C=O) groups excluding carboxylic acids is 1. The van der Waals surface area contributed by atoms with Crippen molar-refractivity contribution in [3.63, 3.8) is 0 Å². The third-order valence-electron chi connectivity index (χ3n) is 2.36. The van der Waals surface area contributed by atoms with E-state index in [9.17, 15) is 4.79 Å². The predicted molar refractivity (Wildman–Crippen MR) is 52.6 cm³/mol. The Kier molecular flexibility index (Phi) is 4.18. The van der Waals surface area contributed by atoms with Crippen molar-refractivity contribution in [2.24, 2.45) is 0 Å². The van der Waals surface area contributed by atoms with Gasteiger partial charge >= 0.3 is 0 Å². The topological polar surface area (TPSA) is 44.4 Å². The van der Waals surface area contributed by atoms with Crippen molar-refractivity contribution in [1.82, 2.24) is 15.5 Å². The summed E-state index contributed by atoms with van der Waals surface area (Å²) in [5.41, 5.74) is 0. The van der Waals surface area contributed by atoms with E-state index < -0.39 is 0 Å². The molecule has 1 aliphatic heterocycles. The summed E-state index contributed by atoms with van der Waals surface area (Å²) in [4.78, 5) is 13.1. The molecule has 1 fully saturated rings. The third kappa shape index (κ3) is 3.74. The zero-order valence-electron chi connectivity index (χ0n) is 8.47. The Hall–Kier alpha value is -0.610. The van der Waals surface area contributed by atoms with Crippen LogP contribution in [-0.2, 0) is 4.79 Å². The molecule has 4 nitrogen and oxygen atoms in total. The molecular weight excluding hydrogens is 166 g/mol. The Labute approximate surface area is 79.7 Å².